The normalized spacial score (nSPS) is 12.7. The third-order valence-corrected chi connectivity index (χ3v) is 3.74. The van der Waals surface area contributed by atoms with E-state index in [9.17, 15) is 0 Å². The minimum Gasteiger partial charge on any atom is -0.309 e. The van der Waals surface area contributed by atoms with Crippen LogP contribution >= 0.6 is 0 Å². The molecule has 0 fully saturated rings. The molecule has 1 aromatic carbocycles. The highest BCUT2D eigenvalue weighted by atomic mass is 15.3. The molecule has 2 heterocycles. The number of hydrogen-bond donors (Lipinski definition) is 1. The van der Waals surface area contributed by atoms with Crippen LogP contribution in [-0.4, -0.2) is 21.3 Å². The first-order valence-electron chi connectivity index (χ1n) is 7.34. The van der Waals surface area contributed by atoms with Gasteiger partial charge in [0.2, 0.25) is 0 Å². The number of para-hydroxylation sites is 1. The van der Waals surface area contributed by atoms with Gasteiger partial charge in [-0.2, -0.15) is 5.10 Å². The van der Waals surface area contributed by atoms with Crippen molar-refractivity contribution < 1.29 is 0 Å². The van der Waals surface area contributed by atoms with Crippen LogP contribution < -0.4 is 5.32 Å². The van der Waals surface area contributed by atoms with E-state index < -0.39 is 0 Å². The number of nitrogens with zero attached hydrogens (tertiary/aromatic N) is 3. The van der Waals surface area contributed by atoms with Crippen LogP contribution in [0, 0.1) is 0 Å². The highest BCUT2D eigenvalue weighted by molar-refractivity contribution is 5.78. The molecule has 1 unspecified atom stereocenters. The van der Waals surface area contributed by atoms with Gasteiger partial charge in [-0.05, 0) is 24.7 Å². The lowest BCUT2D eigenvalue weighted by Gasteiger charge is -2.18. The Hall–Kier alpha value is -2.20. The lowest BCUT2D eigenvalue weighted by atomic mass is 10.1. The van der Waals surface area contributed by atoms with E-state index >= 15 is 0 Å². The summed E-state index contributed by atoms with van der Waals surface area (Å²) in [6, 6.07) is 14.8. The molecule has 0 amide bonds. The molecule has 2 aromatic heterocycles. The summed E-state index contributed by atoms with van der Waals surface area (Å²) in [4.78, 5) is 4.77. The zero-order valence-corrected chi connectivity index (χ0v) is 12.5. The number of aryl methyl sites for hydroxylation is 1. The maximum atomic E-state index is 4.77. The highest BCUT2D eigenvalue weighted by Crippen LogP contribution is 2.19. The zero-order valence-electron chi connectivity index (χ0n) is 12.5. The van der Waals surface area contributed by atoms with Crippen molar-refractivity contribution in [1.82, 2.24) is 20.1 Å². The third kappa shape index (κ3) is 2.95. The van der Waals surface area contributed by atoms with Crippen LogP contribution in [0.1, 0.15) is 24.4 Å². The molecule has 21 heavy (non-hydrogen) atoms. The number of hydrogen-bond acceptors (Lipinski definition) is 3. The van der Waals surface area contributed by atoms with E-state index in [4.69, 9.17) is 4.98 Å². The quantitative estimate of drug-likeness (QED) is 0.781. The van der Waals surface area contributed by atoms with E-state index in [1.54, 1.807) is 0 Å². The van der Waals surface area contributed by atoms with Crippen molar-refractivity contribution in [2.75, 3.05) is 6.54 Å². The number of benzene rings is 1. The summed E-state index contributed by atoms with van der Waals surface area (Å²) in [6.45, 7) is 3.04. The Morgan fingerprint density at radius 3 is 2.76 bits per heavy atom. The van der Waals surface area contributed by atoms with Gasteiger partial charge in [0, 0.05) is 30.7 Å². The average Bonchev–Trinajstić information content (AvgIpc) is 2.93. The molecule has 0 aliphatic rings. The van der Waals surface area contributed by atoms with Gasteiger partial charge in [0.1, 0.15) is 0 Å². The summed E-state index contributed by atoms with van der Waals surface area (Å²) in [5.41, 5.74) is 3.34. The molecule has 3 aromatic rings. The van der Waals surface area contributed by atoms with Gasteiger partial charge in [-0.25, -0.2) is 0 Å². The topological polar surface area (TPSA) is 42.7 Å². The fourth-order valence-corrected chi connectivity index (χ4v) is 2.68. The number of nitrogens with one attached hydrogen (secondary N) is 1. The number of pyridine rings is 1. The Kier molecular flexibility index (Phi) is 3.97. The molecule has 0 aliphatic heterocycles. The van der Waals surface area contributed by atoms with Crippen molar-refractivity contribution in [1.29, 1.82) is 0 Å². The number of aromatic nitrogens is 3. The van der Waals surface area contributed by atoms with Crippen molar-refractivity contribution in [3.63, 3.8) is 0 Å². The third-order valence-electron chi connectivity index (χ3n) is 3.74. The van der Waals surface area contributed by atoms with Crippen molar-refractivity contribution in [3.8, 4) is 0 Å². The van der Waals surface area contributed by atoms with Gasteiger partial charge in [0.25, 0.3) is 0 Å². The maximum absolute atomic E-state index is 4.77. The van der Waals surface area contributed by atoms with Gasteiger partial charge in [-0.1, -0.05) is 31.2 Å². The van der Waals surface area contributed by atoms with Crippen molar-refractivity contribution >= 4 is 10.9 Å². The summed E-state index contributed by atoms with van der Waals surface area (Å²) in [7, 11) is 1.98. The Labute approximate surface area is 124 Å². The minimum absolute atomic E-state index is 0.233. The van der Waals surface area contributed by atoms with Gasteiger partial charge < -0.3 is 5.32 Å². The Morgan fingerprint density at radius 1 is 1.14 bits per heavy atom. The zero-order chi connectivity index (χ0) is 14.7. The second kappa shape index (κ2) is 6.06. The molecule has 0 bridgehead atoms. The molecule has 0 saturated carbocycles. The fourth-order valence-electron chi connectivity index (χ4n) is 2.68. The van der Waals surface area contributed by atoms with E-state index in [-0.39, 0.29) is 6.04 Å². The lowest BCUT2D eigenvalue weighted by molar-refractivity contribution is 0.504. The first-order chi connectivity index (χ1) is 10.3. The minimum atomic E-state index is 0.233. The van der Waals surface area contributed by atoms with E-state index in [0.29, 0.717) is 0 Å². The van der Waals surface area contributed by atoms with Crippen molar-refractivity contribution in [2.24, 2.45) is 7.05 Å². The van der Waals surface area contributed by atoms with Crippen LogP contribution in [0.3, 0.4) is 0 Å². The van der Waals surface area contributed by atoms with Crippen molar-refractivity contribution in [2.45, 2.75) is 19.4 Å². The highest BCUT2D eigenvalue weighted by Gasteiger charge is 2.15. The molecule has 108 valence electrons. The van der Waals surface area contributed by atoms with Gasteiger partial charge in [0.15, 0.2) is 0 Å². The molecule has 0 aliphatic carbocycles. The maximum Gasteiger partial charge on any atom is 0.0705 e. The molecule has 4 heteroatoms. The van der Waals surface area contributed by atoms with E-state index in [2.05, 4.69) is 47.7 Å². The molecule has 0 saturated heterocycles. The number of likely N-dealkylation sites (N-methyl/N-ethyl adjacent to an activating group) is 1. The summed E-state index contributed by atoms with van der Waals surface area (Å²) >= 11 is 0. The lowest BCUT2D eigenvalue weighted by Crippen LogP contribution is -2.25. The fraction of sp³-hybridized carbons (Fsp3) is 0.294. The van der Waals surface area contributed by atoms with Crippen molar-refractivity contribution in [3.05, 3.63) is 60.0 Å². The van der Waals surface area contributed by atoms with E-state index in [1.165, 1.54) is 11.1 Å². The van der Waals surface area contributed by atoms with Crippen LogP contribution in [0.2, 0.25) is 0 Å². The van der Waals surface area contributed by atoms with Crippen LogP contribution in [0.25, 0.3) is 10.9 Å². The molecular weight excluding hydrogens is 260 g/mol. The Morgan fingerprint density at radius 2 is 2.00 bits per heavy atom. The van der Waals surface area contributed by atoms with E-state index in [1.807, 2.05) is 30.1 Å². The standard InChI is InChI=1S/C17H20N4/c1-3-18-16(17-10-11-19-21(17)2)12-14-9-8-13-6-4-5-7-15(13)20-14/h4-11,16,18H,3,12H2,1-2H3. The first kappa shape index (κ1) is 13.8. The summed E-state index contributed by atoms with van der Waals surface area (Å²) in [5.74, 6) is 0. The summed E-state index contributed by atoms with van der Waals surface area (Å²) in [5, 5.41) is 8.97. The van der Waals surface area contributed by atoms with Gasteiger partial charge >= 0.3 is 0 Å². The van der Waals surface area contributed by atoms with Crippen LogP contribution in [-0.2, 0) is 13.5 Å². The van der Waals surface area contributed by atoms with Crippen LogP contribution in [0.5, 0.6) is 0 Å². The number of rotatable bonds is 5. The molecule has 1 atom stereocenters. The summed E-state index contributed by atoms with van der Waals surface area (Å²) in [6.07, 6.45) is 2.70. The van der Waals surface area contributed by atoms with Gasteiger partial charge in [0.05, 0.1) is 17.3 Å². The molecular formula is C17H20N4. The van der Waals surface area contributed by atoms with Gasteiger partial charge in [-0.15, -0.1) is 0 Å². The Bertz CT molecular complexity index is 732. The predicted octanol–water partition coefficient (Wildman–Crippen LogP) is 2.86. The van der Waals surface area contributed by atoms with Crippen LogP contribution in [0.4, 0.5) is 0 Å². The molecule has 3 rings (SSSR count). The SMILES string of the molecule is CCNC(Cc1ccc2ccccc2n1)c1ccnn1C. The van der Waals surface area contributed by atoms with Gasteiger partial charge in [-0.3, -0.25) is 9.67 Å². The molecule has 1 N–H and O–H groups in total. The monoisotopic (exact) mass is 280 g/mol. The second-order valence-corrected chi connectivity index (χ2v) is 5.19. The average molecular weight is 280 g/mol. The van der Waals surface area contributed by atoms with Crippen LogP contribution in [0.15, 0.2) is 48.7 Å². The molecule has 0 spiro atoms. The summed E-state index contributed by atoms with van der Waals surface area (Å²) < 4.78 is 1.92. The van der Waals surface area contributed by atoms with E-state index in [0.717, 1.165) is 24.2 Å². The molecule has 4 nitrogen and oxygen atoms in total. The second-order valence-electron chi connectivity index (χ2n) is 5.19. The predicted molar refractivity (Wildman–Crippen MR) is 85.1 cm³/mol. The Balaban J connectivity index is 1.89. The smallest absolute Gasteiger partial charge is 0.0705 e. The first-order valence-corrected chi connectivity index (χ1v) is 7.34. The molecule has 0 radical (unpaired) electrons. The largest absolute Gasteiger partial charge is 0.309 e. The number of fused-ring (bicyclic) bond motifs is 1.